The van der Waals surface area contributed by atoms with Crippen molar-refractivity contribution in [3.63, 3.8) is 0 Å². The summed E-state index contributed by atoms with van der Waals surface area (Å²) in [6.07, 6.45) is 0. The number of nitrogens with zero attached hydrogens (tertiary/aromatic N) is 5. The van der Waals surface area contributed by atoms with Crippen LogP contribution in [0.2, 0.25) is 0 Å². The van der Waals surface area contributed by atoms with E-state index in [2.05, 4.69) is 94.1 Å². The smallest absolute Gasteiger partial charge is 0.238 e. The highest BCUT2D eigenvalue weighted by molar-refractivity contribution is 7.26. The monoisotopic (exact) mass is 827 g/mol. The molecule has 9 aromatic carbocycles. The molecule has 0 amide bonds. The number of fused-ring (bicyclic) bond motifs is 9. The van der Waals surface area contributed by atoms with E-state index >= 15 is 0 Å². The van der Waals surface area contributed by atoms with Crippen LogP contribution in [0.25, 0.3) is 120 Å². The summed E-state index contributed by atoms with van der Waals surface area (Å²) in [5.74, 6) is 1.23. The number of hydrogen-bond donors (Lipinski definition) is 0. The Labute approximate surface area is 374 Å². The number of thiophene rings is 1. The predicted octanol–water partition coefficient (Wildman–Crippen LogP) is 15.1. The fourth-order valence-corrected chi connectivity index (χ4v) is 10.4. The Morgan fingerprint density at radius 3 is 1.73 bits per heavy atom. The minimum absolute atomic E-state index is 0.0547. The van der Waals surface area contributed by atoms with Crippen LogP contribution in [0, 0.1) is 0 Å². The number of benzene rings is 9. The summed E-state index contributed by atoms with van der Waals surface area (Å²) in [5, 5.41) is 4.70. The van der Waals surface area contributed by atoms with Crippen LogP contribution in [0.15, 0.2) is 212 Å². The van der Waals surface area contributed by atoms with Crippen molar-refractivity contribution in [3.05, 3.63) is 212 Å². The average Bonchev–Trinajstić information content (AvgIpc) is 4.07. The maximum absolute atomic E-state index is 9.72. The van der Waals surface area contributed by atoms with Gasteiger partial charge in [-0.2, -0.15) is 9.97 Å². The second-order valence-electron chi connectivity index (χ2n) is 15.5. The third-order valence-electron chi connectivity index (χ3n) is 12.0. The summed E-state index contributed by atoms with van der Waals surface area (Å²) in [6, 6.07) is 57.5. The van der Waals surface area contributed by atoms with Gasteiger partial charge in [0.1, 0.15) is 0 Å². The fraction of sp³-hybridized carbons (Fsp3) is 0. The SMILES string of the molecule is [2H]c1cc([2H])c2sc3c(-c4cccc(-c5nc(-c6ccccc6)nc(-n6c7ccccc7c7c(-c8ccccc8)cccc76)n5)c4-n4c5ccccc5c5ccccc54)c([2H])c([2H])c([2H])c3c2c1[2H]. The number of hydrogen-bond acceptors (Lipinski definition) is 4. The second kappa shape index (κ2) is 14.2. The lowest BCUT2D eigenvalue weighted by Gasteiger charge is -2.19. The Balaban J connectivity index is 1.19. The van der Waals surface area contributed by atoms with Gasteiger partial charge >= 0.3 is 0 Å². The molecule has 0 atom stereocenters. The number of para-hydroxylation sites is 4. The molecule has 0 spiro atoms. The molecule has 4 aromatic heterocycles. The zero-order valence-corrected chi connectivity index (χ0v) is 34.2. The van der Waals surface area contributed by atoms with E-state index in [9.17, 15) is 4.11 Å². The second-order valence-corrected chi connectivity index (χ2v) is 16.5. The highest BCUT2D eigenvalue weighted by Gasteiger charge is 2.25. The van der Waals surface area contributed by atoms with Gasteiger partial charge in [-0.1, -0.05) is 176 Å². The molecule has 13 rings (SSSR count). The highest BCUT2D eigenvalue weighted by atomic mass is 32.1. The van der Waals surface area contributed by atoms with E-state index in [4.69, 9.17) is 19.1 Å². The van der Waals surface area contributed by atoms with E-state index in [0.29, 0.717) is 49.4 Å². The summed E-state index contributed by atoms with van der Waals surface area (Å²) < 4.78 is 60.0. The summed E-state index contributed by atoms with van der Waals surface area (Å²) in [7, 11) is 0. The van der Waals surface area contributed by atoms with Crippen LogP contribution in [0.1, 0.15) is 8.22 Å². The van der Waals surface area contributed by atoms with E-state index in [1.54, 1.807) is 0 Å². The van der Waals surface area contributed by atoms with Gasteiger partial charge in [0.05, 0.1) is 36.0 Å². The lowest BCUT2D eigenvalue weighted by Crippen LogP contribution is -2.08. The zero-order valence-electron chi connectivity index (χ0n) is 39.4. The summed E-state index contributed by atoms with van der Waals surface area (Å²) in [6.45, 7) is 0. The lowest BCUT2D eigenvalue weighted by molar-refractivity contribution is 0.952. The molecular formula is C57H35N5S. The van der Waals surface area contributed by atoms with Crippen LogP contribution < -0.4 is 0 Å². The lowest BCUT2D eigenvalue weighted by atomic mass is 9.97. The maximum atomic E-state index is 9.72. The first-order valence-corrected chi connectivity index (χ1v) is 21.5. The Kier molecular flexibility index (Phi) is 6.75. The first-order chi connectivity index (χ1) is 33.8. The Bertz CT molecular complexity index is 4220. The molecule has 294 valence electrons. The van der Waals surface area contributed by atoms with E-state index in [-0.39, 0.29) is 47.0 Å². The van der Waals surface area contributed by atoms with Crippen molar-refractivity contribution in [1.82, 2.24) is 24.1 Å². The Morgan fingerprint density at radius 2 is 0.968 bits per heavy atom. The highest BCUT2D eigenvalue weighted by Crippen LogP contribution is 2.46. The van der Waals surface area contributed by atoms with Gasteiger partial charge in [-0.3, -0.25) is 4.57 Å². The maximum Gasteiger partial charge on any atom is 0.238 e. The van der Waals surface area contributed by atoms with E-state index < -0.39 is 0 Å². The molecule has 0 aliphatic heterocycles. The zero-order chi connectivity index (χ0) is 46.7. The number of aromatic nitrogens is 5. The first kappa shape index (κ1) is 29.9. The normalized spacial score (nSPS) is 13.1. The Morgan fingerprint density at radius 1 is 0.381 bits per heavy atom. The molecule has 0 unspecified atom stereocenters. The first-order valence-electron chi connectivity index (χ1n) is 23.7. The van der Waals surface area contributed by atoms with E-state index in [0.717, 1.165) is 60.3 Å². The molecule has 5 nitrogen and oxygen atoms in total. The third-order valence-corrected chi connectivity index (χ3v) is 13.1. The van der Waals surface area contributed by atoms with Crippen LogP contribution in [0.5, 0.6) is 0 Å². The third kappa shape index (κ3) is 5.52. The largest absolute Gasteiger partial charge is 0.308 e. The van der Waals surface area contributed by atoms with Crippen molar-refractivity contribution in [1.29, 1.82) is 0 Å². The van der Waals surface area contributed by atoms with Gasteiger partial charge in [0.2, 0.25) is 5.95 Å². The van der Waals surface area contributed by atoms with Gasteiger partial charge in [-0.25, -0.2) is 4.98 Å². The van der Waals surface area contributed by atoms with Gasteiger partial charge in [-0.05, 0) is 47.5 Å². The average molecular weight is 828 g/mol. The minimum Gasteiger partial charge on any atom is -0.308 e. The molecule has 0 N–H and O–H groups in total. The van der Waals surface area contributed by atoms with Crippen molar-refractivity contribution in [3.8, 4) is 56.7 Å². The molecule has 4 heterocycles. The molecule has 0 fully saturated rings. The standard InChI is InChI=1S/C57H35N5S/c1-3-18-36(19-4-1)38-26-17-34-50-52(38)45-25-9-13-33-49(45)62(50)57-59-55(37-20-5-2-6-21-37)58-56(60-57)46-30-15-27-42(44-29-16-28-43-41-24-10-14-35-51(41)63-54(43)44)53(46)61-47-31-11-7-22-39(47)40-23-8-12-32-48(40)61/h1-35H/i10D,16D,24D,28D,29D,35D. The van der Waals surface area contributed by atoms with Crippen LogP contribution in [0.4, 0.5) is 0 Å². The number of rotatable bonds is 6. The molecule has 0 saturated carbocycles. The molecule has 0 aliphatic carbocycles. The summed E-state index contributed by atoms with van der Waals surface area (Å²) >= 11 is 1.22. The van der Waals surface area contributed by atoms with Crippen molar-refractivity contribution in [2.75, 3.05) is 0 Å². The molecular weight excluding hydrogens is 787 g/mol. The van der Waals surface area contributed by atoms with Crippen LogP contribution in [-0.4, -0.2) is 24.1 Å². The molecule has 0 bridgehead atoms. The van der Waals surface area contributed by atoms with E-state index in [1.165, 1.54) is 17.4 Å². The molecule has 13 aromatic rings. The van der Waals surface area contributed by atoms with Crippen molar-refractivity contribution < 1.29 is 8.22 Å². The molecule has 0 aliphatic rings. The van der Waals surface area contributed by atoms with Crippen molar-refractivity contribution in [2.45, 2.75) is 0 Å². The topological polar surface area (TPSA) is 48.5 Å². The van der Waals surface area contributed by atoms with Gasteiger partial charge in [0, 0.05) is 64.0 Å². The van der Waals surface area contributed by atoms with Gasteiger partial charge in [-0.15, -0.1) is 11.3 Å². The minimum atomic E-state index is -0.313. The van der Waals surface area contributed by atoms with Crippen molar-refractivity contribution >= 4 is 75.1 Å². The quantitative estimate of drug-likeness (QED) is 0.168. The van der Waals surface area contributed by atoms with E-state index in [1.807, 2.05) is 84.9 Å². The van der Waals surface area contributed by atoms with Gasteiger partial charge < -0.3 is 4.57 Å². The van der Waals surface area contributed by atoms with Crippen LogP contribution in [-0.2, 0) is 0 Å². The summed E-state index contributed by atoms with van der Waals surface area (Å²) in [5.41, 5.74) is 8.82. The fourth-order valence-electron chi connectivity index (χ4n) is 9.28. The summed E-state index contributed by atoms with van der Waals surface area (Å²) in [4.78, 5) is 16.1. The van der Waals surface area contributed by atoms with Crippen LogP contribution in [0.3, 0.4) is 0 Å². The molecule has 0 saturated heterocycles. The predicted molar refractivity (Wildman–Crippen MR) is 263 cm³/mol. The van der Waals surface area contributed by atoms with Crippen molar-refractivity contribution in [2.24, 2.45) is 0 Å². The van der Waals surface area contributed by atoms with Crippen LogP contribution >= 0.6 is 11.3 Å². The molecule has 63 heavy (non-hydrogen) atoms. The van der Waals surface area contributed by atoms with Gasteiger partial charge in [0.25, 0.3) is 0 Å². The molecule has 6 heteroatoms. The van der Waals surface area contributed by atoms with Gasteiger partial charge in [0.15, 0.2) is 11.6 Å². The Hall–Kier alpha value is -8.19. The molecule has 0 radical (unpaired) electrons.